The maximum absolute atomic E-state index is 4.49. The van der Waals surface area contributed by atoms with Gasteiger partial charge in [0.2, 0.25) is 0 Å². The maximum Gasteiger partial charge on any atom is 0.191 e. The van der Waals surface area contributed by atoms with Crippen molar-refractivity contribution in [1.82, 2.24) is 20.4 Å². The van der Waals surface area contributed by atoms with Crippen molar-refractivity contribution in [2.45, 2.75) is 70.4 Å². The highest BCUT2D eigenvalue weighted by molar-refractivity contribution is 14.0. The molecule has 1 saturated carbocycles. The average Bonchev–Trinajstić information content (AvgIpc) is 2.60. The van der Waals surface area contributed by atoms with Gasteiger partial charge in [0.25, 0.3) is 0 Å². The van der Waals surface area contributed by atoms with Gasteiger partial charge in [0.1, 0.15) is 0 Å². The Morgan fingerprint density at radius 2 is 1.92 bits per heavy atom. The van der Waals surface area contributed by atoms with E-state index in [1.807, 2.05) is 7.05 Å². The van der Waals surface area contributed by atoms with Gasteiger partial charge in [-0.25, -0.2) is 0 Å². The molecule has 0 aromatic rings. The molecule has 6 heteroatoms. The molecule has 2 unspecified atom stereocenters. The van der Waals surface area contributed by atoms with Crippen LogP contribution in [0, 0.1) is 5.92 Å². The lowest BCUT2D eigenvalue weighted by Gasteiger charge is -2.45. The molecule has 0 bridgehead atoms. The molecule has 1 saturated heterocycles. The number of likely N-dealkylation sites (N-methyl/N-ethyl adjacent to an activating group) is 1. The molecule has 0 aromatic carbocycles. The average molecular weight is 479 g/mol. The van der Waals surface area contributed by atoms with E-state index in [-0.39, 0.29) is 29.5 Å². The first-order valence-electron chi connectivity index (χ1n) is 10.4. The maximum atomic E-state index is 4.49. The van der Waals surface area contributed by atoms with Crippen LogP contribution in [0.1, 0.15) is 58.8 Å². The van der Waals surface area contributed by atoms with Crippen LogP contribution >= 0.6 is 24.0 Å². The van der Waals surface area contributed by atoms with E-state index < -0.39 is 0 Å². The summed E-state index contributed by atoms with van der Waals surface area (Å²) in [6, 6.07) is 0.555. The lowest BCUT2D eigenvalue weighted by Crippen LogP contribution is -2.57. The first-order valence-corrected chi connectivity index (χ1v) is 10.4. The second kappa shape index (κ2) is 11.7. The molecule has 1 heterocycles. The lowest BCUT2D eigenvalue weighted by molar-refractivity contribution is 0.0794. The Bertz CT molecular complexity index is 420. The predicted octanol–water partition coefficient (Wildman–Crippen LogP) is 3.15. The fourth-order valence-corrected chi connectivity index (χ4v) is 4.61. The fourth-order valence-electron chi connectivity index (χ4n) is 4.61. The van der Waals surface area contributed by atoms with Crippen molar-refractivity contribution in [2.75, 3.05) is 47.3 Å². The summed E-state index contributed by atoms with van der Waals surface area (Å²) in [5.41, 5.74) is 0.264. The summed E-state index contributed by atoms with van der Waals surface area (Å²) in [6.45, 7) is 9.31. The van der Waals surface area contributed by atoms with Gasteiger partial charge in [-0.1, -0.05) is 26.7 Å². The molecule has 5 nitrogen and oxygen atoms in total. The van der Waals surface area contributed by atoms with Gasteiger partial charge in [0.05, 0.1) is 0 Å². The molecule has 2 rings (SSSR count). The van der Waals surface area contributed by atoms with Crippen LogP contribution in [-0.2, 0) is 0 Å². The van der Waals surface area contributed by atoms with Crippen LogP contribution in [0.5, 0.6) is 0 Å². The lowest BCUT2D eigenvalue weighted by atomic mass is 9.75. The van der Waals surface area contributed by atoms with Gasteiger partial charge < -0.3 is 20.4 Å². The summed E-state index contributed by atoms with van der Waals surface area (Å²) in [6.07, 6.45) is 8.96. The Morgan fingerprint density at radius 3 is 2.46 bits per heavy atom. The van der Waals surface area contributed by atoms with Crippen molar-refractivity contribution in [1.29, 1.82) is 0 Å². The van der Waals surface area contributed by atoms with E-state index in [1.165, 1.54) is 64.6 Å². The normalized spacial score (nSPS) is 28.7. The zero-order valence-electron chi connectivity index (χ0n) is 17.7. The monoisotopic (exact) mass is 479 g/mol. The number of halogens is 1. The topological polar surface area (TPSA) is 42.9 Å². The summed E-state index contributed by atoms with van der Waals surface area (Å²) < 4.78 is 0. The largest absolute Gasteiger partial charge is 0.355 e. The number of hydrogen-bond donors (Lipinski definition) is 2. The quantitative estimate of drug-likeness (QED) is 0.349. The van der Waals surface area contributed by atoms with Crippen molar-refractivity contribution < 1.29 is 0 Å². The third kappa shape index (κ3) is 6.82. The molecule has 154 valence electrons. The Morgan fingerprint density at radius 1 is 1.23 bits per heavy atom. The highest BCUT2D eigenvalue weighted by Gasteiger charge is 2.37. The van der Waals surface area contributed by atoms with Crippen molar-refractivity contribution in [3.05, 3.63) is 0 Å². The molecule has 0 aromatic heterocycles. The van der Waals surface area contributed by atoms with Gasteiger partial charge in [-0.3, -0.25) is 4.99 Å². The zero-order chi connectivity index (χ0) is 18.3. The molecule has 2 aliphatic rings. The van der Waals surface area contributed by atoms with E-state index in [0.29, 0.717) is 6.04 Å². The van der Waals surface area contributed by atoms with Crippen molar-refractivity contribution in [2.24, 2.45) is 10.9 Å². The number of likely N-dealkylation sites (tertiary alicyclic amines) is 1. The molecule has 0 radical (unpaired) electrons. The third-order valence-corrected chi connectivity index (χ3v) is 6.29. The number of rotatable bonds is 6. The van der Waals surface area contributed by atoms with Crippen molar-refractivity contribution in [3.8, 4) is 0 Å². The van der Waals surface area contributed by atoms with Crippen LogP contribution in [0.15, 0.2) is 4.99 Å². The molecular weight excluding hydrogens is 437 g/mol. The van der Waals surface area contributed by atoms with Crippen LogP contribution < -0.4 is 10.6 Å². The van der Waals surface area contributed by atoms with Gasteiger partial charge in [-0.05, 0) is 58.7 Å². The summed E-state index contributed by atoms with van der Waals surface area (Å²) in [4.78, 5) is 9.51. The number of piperidine rings is 1. The first kappa shape index (κ1) is 24.0. The second-order valence-electron chi connectivity index (χ2n) is 8.51. The third-order valence-electron chi connectivity index (χ3n) is 6.29. The van der Waals surface area contributed by atoms with Crippen LogP contribution in [0.3, 0.4) is 0 Å². The first-order chi connectivity index (χ1) is 12.0. The fraction of sp³-hybridized carbons (Fsp3) is 0.950. The summed E-state index contributed by atoms with van der Waals surface area (Å²) >= 11 is 0. The van der Waals surface area contributed by atoms with E-state index in [0.717, 1.165) is 18.4 Å². The van der Waals surface area contributed by atoms with Gasteiger partial charge in [-0.15, -0.1) is 24.0 Å². The number of nitrogens with zero attached hydrogens (tertiary/aromatic N) is 3. The highest BCUT2D eigenvalue weighted by atomic mass is 127. The molecule has 2 N–H and O–H groups in total. The van der Waals surface area contributed by atoms with Crippen LogP contribution in [0.4, 0.5) is 0 Å². The minimum Gasteiger partial charge on any atom is -0.355 e. The number of aliphatic imine (C=N–C) groups is 1. The van der Waals surface area contributed by atoms with E-state index in [2.05, 4.69) is 53.4 Å². The van der Waals surface area contributed by atoms with E-state index in [4.69, 9.17) is 0 Å². The van der Waals surface area contributed by atoms with Crippen molar-refractivity contribution >= 4 is 29.9 Å². The van der Waals surface area contributed by atoms with Gasteiger partial charge in [0.15, 0.2) is 5.96 Å². The second-order valence-corrected chi connectivity index (χ2v) is 8.51. The number of hydrogen-bond acceptors (Lipinski definition) is 3. The van der Waals surface area contributed by atoms with Crippen molar-refractivity contribution in [3.63, 3.8) is 0 Å². The van der Waals surface area contributed by atoms with E-state index in [1.54, 1.807) is 0 Å². The van der Waals surface area contributed by atoms with E-state index >= 15 is 0 Å². The molecule has 2 fully saturated rings. The predicted molar refractivity (Wildman–Crippen MR) is 124 cm³/mol. The SMILES string of the molecule is CCCN1CCC(NC(=NC)NCC2(N(C)C)CCCC(C)C2)CC1.I. The Labute approximate surface area is 178 Å². The Balaban J connectivity index is 0.00000338. The van der Waals surface area contributed by atoms with Crippen LogP contribution in [-0.4, -0.2) is 74.7 Å². The Hall–Kier alpha value is -0.0800. The molecule has 1 aliphatic heterocycles. The van der Waals surface area contributed by atoms with Gasteiger partial charge >= 0.3 is 0 Å². The van der Waals surface area contributed by atoms with Crippen LogP contribution in [0.2, 0.25) is 0 Å². The summed E-state index contributed by atoms with van der Waals surface area (Å²) in [5.74, 6) is 1.80. The molecule has 0 spiro atoms. The standard InChI is InChI=1S/C20H41N5.HI/c1-6-12-25-13-9-18(10-14-25)23-19(21-3)22-16-20(24(4)5)11-7-8-17(2)15-20;/h17-18H,6-16H2,1-5H3,(H2,21,22,23);1H. The Kier molecular flexibility index (Phi) is 10.8. The minimum absolute atomic E-state index is 0. The minimum atomic E-state index is 0. The van der Waals surface area contributed by atoms with Gasteiger partial charge in [0, 0.05) is 38.3 Å². The summed E-state index contributed by atoms with van der Waals surface area (Å²) in [5, 5.41) is 7.32. The molecule has 1 aliphatic carbocycles. The van der Waals surface area contributed by atoms with E-state index in [9.17, 15) is 0 Å². The zero-order valence-corrected chi connectivity index (χ0v) is 20.0. The molecule has 0 amide bonds. The molecule has 2 atom stereocenters. The summed E-state index contributed by atoms with van der Waals surface area (Å²) in [7, 11) is 6.37. The smallest absolute Gasteiger partial charge is 0.191 e. The number of guanidine groups is 1. The van der Waals surface area contributed by atoms with Gasteiger partial charge in [-0.2, -0.15) is 0 Å². The molecule has 26 heavy (non-hydrogen) atoms. The number of nitrogens with one attached hydrogen (secondary N) is 2. The molecular formula is C20H42IN5. The van der Waals surface area contributed by atoms with Crippen LogP contribution in [0.25, 0.3) is 0 Å². The highest BCUT2D eigenvalue weighted by Crippen LogP contribution is 2.35.